The van der Waals surface area contributed by atoms with Crippen molar-refractivity contribution in [1.82, 2.24) is 14.8 Å². The van der Waals surface area contributed by atoms with Gasteiger partial charge in [-0.15, -0.1) is 0 Å². The number of amides is 1. The monoisotopic (exact) mass is 393 g/mol. The van der Waals surface area contributed by atoms with Gasteiger partial charge < -0.3 is 20.0 Å². The summed E-state index contributed by atoms with van der Waals surface area (Å²) >= 11 is 0. The fourth-order valence-corrected chi connectivity index (χ4v) is 4.01. The molecule has 2 aliphatic heterocycles. The lowest BCUT2D eigenvalue weighted by atomic mass is 9.99. The van der Waals surface area contributed by atoms with Crippen molar-refractivity contribution in [1.29, 1.82) is 0 Å². The Labute approximate surface area is 173 Å². The normalized spacial score (nSPS) is 18.7. The Morgan fingerprint density at radius 3 is 2.34 bits per heavy atom. The predicted molar refractivity (Wildman–Crippen MR) is 118 cm³/mol. The van der Waals surface area contributed by atoms with Gasteiger partial charge in [-0.3, -0.25) is 9.78 Å². The van der Waals surface area contributed by atoms with Crippen LogP contribution in [-0.4, -0.2) is 67.0 Å². The molecule has 1 aromatic carbocycles. The summed E-state index contributed by atoms with van der Waals surface area (Å²) in [5.41, 5.74) is 3.76. The van der Waals surface area contributed by atoms with Gasteiger partial charge in [-0.05, 0) is 56.1 Å². The standard InChI is InChI=1S/C23H31N5O/c1-18-7-9-27(10-8-18)22-5-3-20(4-6-22)25-21-15-19(16-24-17-21)23(29)28-13-11-26(2)12-14-28/h3-6,15-18,25H,7-14H2,1-2H3. The zero-order valence-electron chi connectivity index (χ0n) is 17.5. The molecule has 6 nitrogen and oxygen atoms in total. The van der Waals surface area contributed by atoms with E-state index in [2.05, 4.69) is 58.3 Å². The van der Waals surface area contributed by atoms with Crippen molar-refractivity contribution in [3.8, 4) is 0 Å². The zero-order valence-corrected chi connectivity index (χ0v) is 17.5. The van der Waals surface area contributed by atoms with Gasteiger partial charge in [0.05, 0.1) is 17.4 Å². The number of hydrogen-bond donors (Lipinski definition) is 1. The molecule has 1 N–H and O–H groups in total. The molecule has 3 heterocycles. The maximum Gasteiger partial charge on any atom is 0.255 e. The van der Waals surface area contributed by atoms with E-state index in [4.69, 9.17) is 0 Å². The molecule has 6 heteroatoms. The Kier molecular flexibility index (Phi) is 6.00. The van der Waals surface area contributed by atoms with Crippen molar-refractivity contribution in [2.45, 2.75) is 19.8 Å². The Balaban J connectivity index is 1.39. The number of piperazine rings is 1. The molecule has 0 atom stereocenters. The van der Waals surface area contributed by atoms with Gasteiger partial charge in [-0.1, -0.05) is 6.92 Å². The first-order valence-electron chi connectivity index (χ1n) is 10.6. The van der Waals surface area contributed by atoms with Crippen LogP contribution in [0.2, 0.25) is 0 Å². The first kappa shape index (κ1) is 19.7. The summed E-state index contributed by atoms with van der Waals surface area (Å²) in [6.45, 7) is 7.97. The maximum atomic E-state index is 12.8. The van der Waals surface area contributed by atoms with Crippen molar-refractivity contribution in [2.75, 3.05) is 56.5 Å². The van der Waals surface area contributed by atoms with Crippen LogP contribution in [-0.2, 0) is 0 Å². The van der Waals surface area contributed by atoms with Gasteiger partial charge in [0.15, 0.2) is 0 Å². The molecule has 154 valence electrons. The topological polar surface area (TPSA) is 51.7 Å². The van der Waals surface area contributed by atoms with Crippen LogP contribution in [0.25, 0.3) is 0 Å². The van der Waals surface area contributed by atoms with Gasteiger partial charge in [0.25, 0.3) is 5.91 Å². The largest absolute Gasteiger partial charge is 0.372 e. The van der Waals surface area contributed by atoms with Gasteiger partial charge in [-0.2, -0.15) is 0 Å². The molecule has 0 unspecified atom stereocenters. The van der Waals surface area contributed by atoms with E-state index >= 15 is 0 Å². The van der Waals surface area contributed by atoms with Gasteiger partial charge in [0, 0.05) is 56.8 Å². The number of likely N-dealkylation sites (N-methyl/N-ethyl adjacent to an activating group) is 1. The molecule has 0 bridgehead atoms. The lowest BCUT2D eigenvalue weighted by Crippen LogP contribution is -2.47. The minimum Gasteiger partial charge on any atom is -0.372 e. The number of pyridine rings is 1. The lowest BCUT2D eigenvalue weighted by Gasteiger charge is -2.32. The third kappa shape index (κ3) is 4.88. The van der Waals surface area contributed by atoms with Gasteiger partial charge in [0.2, 0.25) is 0 Å². The SMILES string of the molecule is CC1CCN(c2ccc(Nc3cncc(C(=O)N4CCN(C)CC4)c3)cc2)CC1. The number of carbonyl (C=O) groups is 1. The quantitative estimate of drug-likeness (QED) is 0.862. The van der Waals surface area contributed by atoms with Crippen molar-refractivity contribution >= 4 is 23.0 Å². The summed E-state index contributed by atoms with van der Waals surface area (Å²) in [6.07, 6.45) is 5.95. The molecular weight excluding hydrogens is 362 g/mol. The second-order valence-corrected chi connectivity index (χ2v) is 8.40. The summed E-state index contributed by atoms with van der Waals surface area (Å²) in [5, 5.41) is 3.39. The molecule has 1 amide bonds. The molecule has 4 rings (SSSR count). The Hall–Kier alpha value is -2.60. The first-order chi connectivity index (χ1) is 14.1. The van der Waals surface area contributed by atoms with Gasteiger partial charge >= 0.3 is 0 Å². The molecule has 2 saturated heterocycles. The van der Waals surface area contributed by atoms with Crippen LogP contribution in [0.5, 0.6) is 0 Å². The number of nitrogens with zero attached hydrogens (tertiary/aromatic N) is 4. The van der Waals surface area contributed by atoms with Crippen LogP contribution in [0.1, 0.15) is 30.1 Å². The van der Waals surface area contributed by atoms with Crippen LogP contribution in [0.3, 0.4) is 0 Å². The van der Waals surface area contributed by atoms with Crippen molar-refractivity contribution in [3.05, 3.63) is 48.3 Å². The van der Waals surface area contributed by atoms with Crippen LogP contribution in [0.15, 0.2) is 42.7 Å². The predicted octanol–water partition coefficient (Wildman–Crippen LogP) is 3.45. The lowest BCUT2D eigenvalue weighted by molar-refractivity contribution is 0.0663. The Morgan fingerprint density at radius 2 is 1.66 bits per heavy atom. The molecule has 2 aromatic rings. The van der Waals surface area contributed by atoms with Crippen molar-refractivity contribution < 1.29 is 4.79 Å². The number of hydrogen-bond acceptors (Lipinski definition) is 5. The number of piperidine rings is 1. The molecule has 29 heavy (non-hydrogen) atoms. The summed E-state index contributed by atoms with van der Waals surface area (Å²) in [6, 6.07) is 10.4. The van der Waals surface area contributed by atoms with Crippen LogP contribution >= 0.6 is 0 Å². The van der Waals surface area contributed by atoms with E-state index in [-0.39, 0.29) is 5.91 Å². The maximum absolute atomic E-state index is 12.8. The highest BCUT2D eigenvalue weighted by Gasteiger charge is 2.21. The highest BCUT2D eigenvalue weighted by atomic mass is 16.2. The minimum atomic E-state index is 0.0592. The number of anilines is 3. The average molecular weight is 394 g/mol. The molecule has 2 aliphatic rings. The van der Waals surface area contributed by atoms with Gasteiger partial charge in [-0.25, -0.2) is 0 Å². The second-order valence-electron chi connectivity index (χ2n) is 8.40. The summed E-state index contributed by atoms with van der Waals surface area (Å²) in [7, 11) is 2.09. The number of carbonyl (C=O) groups excluding carboxylic acids is 1. The van der Waals surface area contributed by atoms with Gasteiger partial charge in [0.1, 0.15) is 0 Å². The van der Waals surface area contributed by atoms with E-state index in [9.17, 15) is 4.79 Å². The number of nitrogens with one attached hydrogen (secondary N) is 1. The fourth-order valence-electron chi connectivity index (χ4n) is 4.01. The van der Waals surface area contributed by atoms with Crippen LogP contribution in [0, 0.1) is 5.92 Å². The molecule has 0 saturated carbocycles. The highest BCUT2D eigenvalue weighted by Crippen LogP contribution is 2.25. The van der Waals surface area contributed by atoms with E-state index in [1.807, 2.05) is 11.0 Å². The van der Waals surface area contributed by atoms with E-state index < -0.39 is 0 Å². The zero-order chi connectivity index (χ0) is 20.2. The Bertz CT molecular complexity index is 821. The second kappa shape index (κ2) is 8.82. The average Bonchev–Trinajstić information content (AvgIpc) is 2.75. The van der Waals surface area contributed by atoms with E-state index in [0.717, 1.165) is 56.6 Å². The summed E-state index contributed by atoms with van der Waals surface area (Å²) in [5.74, 6) is 0.893. The summed E-state index contributed by atoms with van der Waals surface area (Å²) in [4.78, 5) is 23.7. The molecule has 0 spiro atoms. The number of benzene rings is 1. The number of aromatic nitrogens is 1. The molecule has 0 aliphatic carbocycles. The number of rotatable bonds is 4. The van der Waals surface area contributed by atoms with E-state index in [1.54, 1.807) is 12.4 Å². The van der Waals surface area contributed by atoms with Crippen LogP contribution < -0.4 is 10.2 Å². The molecule has 1 aromatic heterocycles. The van der Waals surface area contributed by atoms with E-state index in [1.165, 1.54) is 18.5 Å². The molecule has 2 fully saturated rings. The third-order valence-corrected chi connectivity index (χ3v) is 6.08. The van der Waals surface area contributed by atoms with E-state index in [0.29, 0.717) is 5.56 Å². The third-order valence-electron chi connectivity index (χ3n) is 6.08. The summed E-state index contributed by atoms with van der Waals surface area (Å²) < 4.78 is 0. The minimum absolute atomic E-state index is 0.0592. The van der Waals surface area contributed by atoms with Crippen molar-refractivity contribution in [2.24, 2.45) is 5.92 Å². The Morgan fingerprint density at radius 1 is 0.966 bits per heavy atom. The highest BCUT2D eigenvalue weighted by molar-refractivity contribution is 5.95. The smallest absolute Gasteiger partial charge is 0.255 e. The fraction of sp³-hybridized carbons (Fsp3) is 0.478. The van der Waals surface area contributed by atoms with Crippen molar-refractivity contribution in [3.63, 3.8) is 0 Å². The molecule has 0 radical (unpaired) electrons. The van der Waals surface area contributed by atoms with Crippen LogP contribution in [0.4, 0.5) is 17.1 Å². The first-order valence-corrected chi connectivity index (χ1v) is 10.6. The molecular formula is C23H31N5O.